The Labute approximate surface area is 111 Å². The molecule has 1 saturated heterocycles. The Kier molecular flexibility index (Phi) is 5.56. The molecule has 1 heterocycles. The van der Waals surface area contributed by atoms with E-state index in [4.69, 9.17) is 15.6 Å². The van der Waals surface area contributed by atoms with Crippen molar-refractivity contribution >= 4 is 18.0 Å². The molecule has 1 atom stereocenters. The van der Waals surface area contributed by atoms with Crippen molar-refractivity contribution in [3.05, 3.63) is 0 Å². The lowest BCUT2D eigenvalue weighted by atomic mass is 10.2. The third kappa shape index (κ3) is 4.40. The average molecular weight is 273 g/mol. The number of carbonyl (C=O) groups excluding carboxylic acids is 2. The highest BCUT2D eigenvalue weighted by Crippen LogP contribution is 2.06. The van der Waals surface area contributed by atoms with Gasteiger partial charge in [-0.3, -0.25) is 9.59 Å². The minimum absolute atomic E-state index is 0.307. The van der Waals surface area contributed by atoms with Crippen LogP contribution >= 0.6 is 0 Å². The zero-order valence-corrected chi connectivity index (χ0v) is 10.9. The first kappa shape index (κ1) is 15.2. The molecule has 0 aromatic carbocycles. The SMILES string of the molecule is CCOC(=O)N1CCN(C(=O)C(N)CC(=O)O)CC1. The van der Waals surface area contributed by atoms with Crippen LogP contribution in [0.5, 0.6) is 0 Å². The maximum atomic E-state index is 11.8. The van der Waals surface area contributed by atoms with Gasteiger partial charge < -0.3 is 25.4 Å². The summed E-state index contributed by atoms with van der Waals surface area (Å²) in [6.45, 7) is 3.44. The predicted molar refractivity (Wildman–Crippen MR) is 65.4 cm³/mol. The van der Waals surface area contributed by atoms with Gasteiger partial charge in [-0.15, -0.1) is 0 Å². The number of piperazine rings is 1. The van der Waals surface area contributed by atoms with Crippen molar-refractivity contribution in [1.29, 1.82) is 0 Å². The van der Waals surface area contributed by atoms with E-state index < -0.39 is 30.4 Å². The monoisotopic (exact) mass is 273 g/mol. The summed E-state index contributed by atoms with van der Waals surface area (Å²) in [7, 11) is 0. The molecule has 0 aliphatic carbocycles. The molecule has 0 saturated carbocycles. The number of nitrogens with zero attached hydrogens (tertiary/aromatic N) is 2. The molecule has 0 aromatic rings. The maximum Gasteiger partial charge on any atom is 0.409 e. The largest absolute Gasteiger partial charge is 0.481 e. The Bertz CT molecular complexity index is 352. The van der Waals surface area contributed by atoms with Gasteiger partial charge >= 0.3 is 12.1 Å². The van der Waals surface area contributed by atoms with Gasteiger partial charge in [0.25, 0.3) is 0 Å². The van der Waals surface area contributed by atoms with Gasteiger partial charge in [0.1, 0.15) is 0 Å². The van der Waals surface area contributed by atoms with Crippen molar-refractivity contribution in [2.24, 2.45) is 5.73 Å². The van der Waals surface area contributed by atoms with E-state index >= 15 is 0 Å². The molecule has 0 bridgehead atoms. The van der Waals surface area contributed by atoms with E-state index in [9.17, 15) is 14.4 Å². The Morgan fingerprint density at radius 2 is 1.74 bits per heavy atom. The summed E-state index contributed by atoms with van der Waals surface area (Å²) < 4.78 is 4.86. The van der Waals surface area contributed by atoms with Gasteiger partial charge in [-0.1, -0.05) is 0 Å². The number of carbonyl (C=O) groups is 3. The van der Waals surface area contributed by atoms with E-state index in [1.165, 1.54) is 9.80 Å². The van der Waals surface area contributed by atoms with Crippen molar-refractivity contribution in [2.75, 3.05) is 32.8 Å². The van der Waals surface area contributed by atoms with Crippen LogP contribution in [0.2, 0.25) is 0 Å². The fraction of sp³-hybridized carbons (Fsp3) is 0.727. The highest BCUT2D eigenvalue weighted by molar-refractivity contribution is 5.86. The number of carboxylic acid groups (broad SMARTS) is 1. The second kappa shape index (κ2) is 6.93. The molecule has 3 N–H and O–H groups in total. The standard InChI is InChI=1S/C11H19N3O5/c1-2-19-11(18)14-5-3-13(4-6-14)10(17)8(12)7-9(15)16/h8H,2-7,12H2,1H3,(H,15,16). The average Bonchev–Trinajstić information content (AvgIpc) is 2.37. The zero-order valence-electron chi connectivity index (χ0n) is 10.9. The second-order valence-corrected chi connectivity index (χ2v) is 4.22. The second-order valence-electron chi connectivity index (χ2n) is 4.22. The normalized spacial score (nSPS) is 16.9. The highest BCUT2D eigenvalue weighted by atomic mass is 16.6. The van der Waals surface area contributed by atoms with Crippen LogP contribution in [-0.4, -0.2) is 71.7 Å². The lowest BCUT2D eigenvalue weighted by Gasteiger charge is -2.35. The first-order valence-corrected chi connectivity index (χ1v) is 6.13. The minimum atomic E-state index is -1.11. The van der Waals surface area contributed by atoms with Gasteiger partial charge in [0.05, 0.1) is 19.1 Å². The molecule has 1 aliphatic heterocycles. The number of hydrogen-bond donors (Lipinski definition) is 2. The predicted octanol–water partition coefficient (Wildman–Crippen LogP) is -0.911. The Morgan fingerprint density at radius 3 is 2.21 bits per heavy atom. The van der Waals surface area contributed by atoms with Crippen LogP contribution in [-0.2, 0) is 14.3 Å². The zero-order chi connectivity index (χ0) is 14.4. The third-order valence-electron chi connectivity index (χ3n) is 2.83. The lowest BCUT2D eigenvalue weighted by Crippen LogP contribution is -2.54. The molecule has 1 aliphatic rings. The molecule has 19 heavy (non-hydrogen) atoms. The van der Waals surface area contributed by atoms with Crippen molar-refractivity contribution in [2.45, 2.75) is 19.4 Å². The third-order valence-corrected chi connectivity index (χ3v) is 2.83. The van der Waals surface area contributed by atoms with Gasteiger partial charge in [-0.05, 0) is 6.92 Å². The van der Waals surface area contributed by atoms with Crippen LogP contribution in [0.1, 0.15) is 13.3 Å². The molecular formula is C11H19N3O5. The van der Waals surface area contributed by atoms with Crippen LogP contribution in [0.3, 0.4) is 0 Å². The smallest absolute Gasteiger partial charge is 0.409 e. The van der Waals surface area contributed by atoms with Gasteiger partial charge in [0.15, 0.2) is 0 Å². The van der Waals surface area contributed by atoms with Gasteiger partial charge in [-0.2, -0.15) is 0 Å². The minimum Gasteiger partial charge on any atom is -0.481 e. The van der Waals surface area contributed by atoms with E-state index in [0.717, 1.165) is 0 Å². The van der Waals surface area contributed by atoms with Crippen molar-refractivity contribution in [1.82, 2.24) is 9.80 Å². The number of aliphatic carboxylic acids is 1. The maximum absolute atomic E-state index is 11.8. The van der Waals surface area contributed by atoms with Crippen LogP contribution in [0.4, 0.5) is 4.79 Å². The topological polar surface area (TPSA) is 113 Å². The molecule has 1 unspecified atom stereocenters. The number of nitrogens with two attached hydrogens (primary N) is 1. The van der Waals surface area contributed by atoms with E-state index in [-0.39, 0.29) is 0 Å². The van der Waals surface area contributed by atoms with Gasteiger partial charge in [-0.25, -0.2) is 4.79 Å². The summed E-state index contributed by atoms with van der Waals surface area (Å²) in [5.41, 5.74) is 5.51. The Morgan fingerprint density at radius 1 is 1.21 bits per heavy atom. The fourth-order valence-corrected chi connectivity index (χ4v) is 1.83. The molecule has 8 nitrogen and oxygen atoms in total. The Balaban J connectivity index is 2.43. The number of carboxylic acids is 1. The molecular weight excluding hydrogens is 254 g/mol. The van der Waals surface area contributed by atoms with Crippen LogP contribution in [0, 0.1) is 0 Å². The number of hydrogen-bond acceptors (Lipinski definition) is 5. The molecule has 8 heteroatoms. The van der Waals surface area contributed by atoms with Crippen LogP contribution in [0.25, 0.3) is 0 Å². The summed E-state index contributed by atoms with van der Waals surface area (Å²) in [6, 6.07) is -1.04. The van der Waals surface area contributed by atoms with Gasteiger partial charge in [0, 0.05) is 26.2 Å². The number of amides is 2. The van der Waals surface area contributed by atoms with E-state index in [0.29, 0.717) is 32.8 Å². The van der Waals surface area contributed by atoms with Crippen molar-refractivity contribution < 1.29 is 24.2 Å². The van der Waals surface area contributed by atoms with Crippen molar-refractivity contribution in [3.63, 3.8) is 0 Å². The van der Waals surface area contributed by atoms with E-state index in [2.05, 4.69) is 0 Å². The first-order valence-electron chi connectivity index (χ1n) is 6.13. The molecule has 2 amide bonds. The fourth-order valence-electron chi connectivity index (χ4n) is 1.83. The molecule has 0 spiro atoms. The molecule has 1 fully saturated rings. The van der Waals surface area contributed by atoms with Crippen molar-refractivity contribution in [3.8, 4) is 0 Å². The first-order chi connectivity index (χ1) is 8.95. The molecule has 0 radical (unpaired) electrons. The lowest BCUT2D eigenvalue weighted by molar-refractivity contribution is -0.142. The van der Waals surface area contributed by atoms with E-state index in [1.807, 2.05) is 0 Å². The highest BCUT2D eigenvalue weighted by Gasteiger charge is 2.28. The summed E-state index contributed by atoms with van der Waals surface area (Å²) in [6.07, 6.45) is -0.791. The number of rotatable bonds is 4. The molecule has 1 rings (SSSR count). The van der Waals surface area contributed by atoms with E-state index in [1.54, 1.807) is 6.92 Å². The summed E-state index contributed by atoms with van der Waals surface area (Å²) in [4.78, 5) is 36.8. The summed E-state index contributed by atoms with van der Waals surface area (Å²) in [5, 5.41) is 8.58. The van der Waals surface area contributed by atoms with Gasteiger partial charge in [0.2, 0.25) is 5.91 Å². The number of ether oxygens (including phenoxy) is 1. The molecule has 108 valence electrons. The van der Waals surface area contributed by atoms with Crippen LogP contribution in [0.15, 0.2) is 0 Å². The van der Waals surface area contributed by atoms with Crippen LogP contribution < -0.4 is 5.73 Å². The Hall–Kier alpha value is -1.83. The summed E-state index contributed by atoms with van der Waals surface area (Å²) >= 11 is 0. The quantitative estimate of drug-likeness (QED) is 0.685. The molecule has 0 aromatic heterocycles. The summed E-state index contributed by atoms with van der Waals surface area (Å²) in [5.74, 6) is -1.50.